The van der Waals surface area contributed by atoms with Crippen molar-refractivity contribution in [2.45, 2.75) is 36.6 Å². The summed E-state index contributed by atoms with van der Waals surface area (Å²) in [7, 11) is 0. The molecule has 0 amide bonds. The molecule has 0 spiro atoms. The molecule has 3 aromatic rings. The van der Waals surface area contributed by atoms with Gasteiger partial charge in [-0.25, -0.2) is 0 Å². The lowest BCUT2D eigenvalue weighted by molar-refractivity contribution is -0.306. The summed E-state index contributed by atoms with van der Waals surface area (Å²) in [4.78, 5) is 12.6. The molecule has 0 fully saturated rings. The molecule has 2 heterocycles. The standard InChI is InChI=1S/C21H20ClNO2S/c1-26-17-6-2-5-16-20(17)19(13-7-9-15(22)10-8-13)21-14(12-18(24)25)4-3-11-23(16)21/h2,5-10,14H,3-4,11-12H2,1H3,(H,24,25)/p-1. The second-order valence-electron chi connectivity index (χ2n) is 6.69. The van der Waals surface area contributed by atoms with Crippen LogP contribution in [-0.4, -0.2) is 16.8 Å². The maximum Gasteiger partial charge on any atom is 0.0500 e. The lowest BCUT2D eigenvalue weighted by Crippen LogP contribution is -2.27. The van der Waals surface area contributed by atoms with E-state index in [1.807, 2.05) is 24.3 Å². The van der Waals surface area contributed by atoms with Gasteiger partial charge in [-0.2, -0.15) is 0 Å². The molecule has 1 aliphatic rings. The summed E-state index contributed by atoms with van der Waals surface area (Å²) in [5.41, 5.74) is 4.53. The largest absolute Gasteiger partial charge is 0.550 e. The summed E-state index contributed by atoms with van der Waals surface area (Å²) in [6.07, 6.45) is 4.00. The van der Waals surface area contributed by atoms with Gasteiger partial charge in [-0.05, 0) is 55.3 Å². The average Bonchev–Trinajstić information content (AvgIpc) is 2.98. The molecule has 3 nitrogen and oxygen atoms in total. The normalized spacial score (nSPS) is 16.6. The Morgan fingerprint density at radius 3 is 2.73 bits per heavy atom. The van der Waals surface area contributed by atoms with Crippen molar-refractivity contribution in [3.8, 4) is 11.1 Å². The Bertz CT molecular complexity index is 978. The zero-order valence-corrected chi connectivity index (χ0v) is 16.1. The van der Waals surface area contributed by atoms with Gasteiger partial charge >= 0.3 is 0 Å². The highest BCUT2D eigenvalue weighted by molar-refractivity contribution is 7.98. The van der Waals surface area contributed by atoms with Gasteiger partial charge in [0, 0.05) is 50.5 Å². The van der Waals surface area contributed by atoms with Gasteiger partial charge in [-0.1, -0.05) is 29.8 Å². The third kappa shape index (κ3) is 2.91. The molecule has 1 atom stereocenters. The van der Waals surface area contributed by atoms with Crippen molar-refractivity contribution in [2.75, 3.05) is 6.26 Å². The molecule has 1 aromatic heterocycles. The van der Waals surface area contributed by atoms with Gasteiger partial charge < -0.3 is 14.5 Å². The molecule has 0 N–H and O–H groups in total. The van der Waals surface area contributed by atoms with Crippen molar-refractivity contribution in [2.24, 2.45) is 0 Å². The number of carboxylic acids is 1. The molecule has 1 aliphatic heterocycles. The Morgan fingerprint density at radius 2 is 2.04 bits per heavy atom. The molecule has 0 bridgehead atoms. The van der Waals surface area contributed by atoms with Gasteiger partial charge in [-0.3, -0.25) is 0 Å². The molecule has 0 saturated heterocycles. The maximum absolute atomic E-state index is 11.4. The van der Waals surface area contributed by atoms with E-state index in [-0.39, 0.29) is 12.3 Å². The van der Waals surface area contributed by atoms with Crippen LogP contribution in [0.2, 0.25) is 5.02 Å². The molecule has 0 aliphatic carbocycles. The van der Waals surface area contributed by atoms with Gasteiger partial charge in [0.25, 0.3) is 0 Å². The Morgan fingerprint density at radius 1 is 1.27 bits per heavy atom. The number of carbonyl (C=O) groups is 1. The van der Waals surface area contributed by atoms with Gasteiger partial charge in [-0.15, -0.1) is 11.8 Å². The van der Waals surface area contributed by atoms with Crippen LogP contribution in [0.4, 0.5) is 0 Å². The molecular formula is C21H19ClNO2S-. The number of carbonyl (C=O) groups excluding carboxylic acids is 1. The van der Waals surface area contributed by atoms with E-state index in [1.54, 1.807) is 11.8 Å². The lowest BCUT2D eigenvalue weighted by Gasteiger charge is -2.27. The third-order valence-electron chi connectivity index (χ3n) is 5.18. The zero-order chi connectivity index (χ0) is 18.3. The predicted octanol–water partition coefficient (Wildman–Crippen LogP) is 4.70. The highest BCUT2D eigenvalue weighted by Gasteiger charge is 2.29. The van der Waals surface area contributed by atoms with Crippen LogP contribution >= 0.6 is 23.4 Å². The summed E-state index contributed by atoms with van der Waals surface area (Å²) in [6, 6.07) is 14.2. The van der Waals surface area contributed by atoms with Crippen LogP contribution in [0.5, 0.6) is 0 Å². The number of thioether (sulfide) groups is 1. The molecule has 0 saturated carbocycles. The Kier molecular flexibility index (Phi) is 4.72. The Hall–Kier alpha value is -1.91. The lowest BCUT2D eigenvalue weighted by atomic mass is 9.88. The minimum absolute atomic E-state index is 0.0264. The number of hydrogen-bond acceptors (Lipinski definition) is 3. The zero-order valence-electron chi connectivity index (χ0n) is 14.5. The molecule has 2 aromatic carbocycles. The number of carboxylic acid groups (broad SMARTS) is 1. The molecule has 5 heteroatoms. The van der Waals surface area contributed by atoms with Crippen LogP contribution in [0.1, 0.15) is 30.9 Å². The number of halogens is 1. The number of aliphatic carboxylic acids is 1. The fourth-order valence-corrected chi connectivity index (χ4v) is 4.92. The summed E-state index contributed by atoms with van der Waals surface area (Å²) in [6.45, 7) is 0.917. The summed E-state index contributed by atoms with van der Waals surface area (Å²) < 4.78 is 2.32. The SMILES string of the molecule is CSc1cccc2c1c(-c1ccc(Cl)cc1)c1n2CCCC1CC(=O)[O-]. The number of nitrogens with zero attached hydrogens (tertiary/aromatic N) is 1. The Balaban J connectivity index is 2.06. The van der Waals surface area contributed by atoms with Crippen LogP contribution in [0.25, 0.3) is 22.0 Å². The quantitative estimate of drug-likeness (QED) is 0.612. The second-order valence-corrected chi connectivity index (χ2v) is 7.97. The van der Waals surface area contributed by atoms with Crippen molar-refractivity contribution in [3.05, 3.63) is 53.2 Å². The van der Waals surface area contributed by atoms with E-state index in [1.165, 1.54) is 15.8 Å². The van der Waals surface area contributed by atoms with Crippen LogP contribution < -0.4 is 5.11 Å². The van der Waals surface area contributed by atoms with Crippen LogP contribution in [0.15, 0.2) is 47.4 Å². The van der Waals surface area contributed by atoms with Crippen LogP contribution in [0.3, 0.4) is 0 Å². The van der Waals surface area contributed by atoms with E-state index in [9.17, 15) is 9.90 Å². The molecule has 4 rings (SSSR count). The average molecular weight is 385 g/mol. The maximum atomic E-state index is 11.4. The topological polar surface area (TPSA) is 45.1 Å². The van der Waals surface area contributed by atoms with Crippen molar-refractivity contribution >= 4 is 40.2 Å². The molecule has 1 unspecified atom stereocenters. The van der Waals surface area contributed by atoms with E-state index in [0.717, 1.165) is 36.2 Å². The molecular weight excluding hydrogens is 366 g/mol. The van der Waals surface area contributed by atoms with Crippen LogP contribution in [-0.2, 0) is 11.3 Å². The van der Waals surface area contributed by atoms with E-state index >= 15 is 0 Å². The first-order valence-electron chi connectivity index (χ1n) is 8.75. The first kappa shape index (κ1) is 17.5. The number of benzene rings is 2. The fraction of sp³-hybridized carbons (Fsp3) is 0.286. The summed E-state index contributed by atoms with van der Waals surface area (Å²) >= 11 is 7.82. The predicted molar refractivity (Wildman–Crippen MR) is 106 cm³/mol. The minimum Gasteiger partial charge on any atom is -0.550 e. The van der Waals surface area contributed by atoms with Gasteiger partial charge in [0.1, 0.15) is 0 Å². The molecule has 134 valence electrons. The van der Waals surface area contributed by atoms with Crippen molar-refractivity contribution < 1.29 is 9.90 Å². The molecule has 26 heavy (non-hydrogen) atoms. The van der Waals surface area contributed by atoms with Gasteiger partial charge in [0.15, 0.2) is 0 Å². The van der Waals surface area contributed by atoms with Crippen molar-refractivity contribution in [3.63, 3.8) is 0 Å². The number of hydrogen-bond donors (Lipinski definition) is 0. The smallest absolute Gasteiger partial charge is 0.0500 e. The Labute approximate surface area is 162 Å². The van der Waals surface area contributed by atoms with E-state index in [4.69, 9.17) is 11.6 Å². The number of aromatic nitrogens is 1. The number of fused-ring (bicyclic) bond motifs is 3. The first-order valence-corrected chi connectivity index (χ1v) is 10.3. The third-order valence-corrected chi connectivity index (χ3v) is 6.21. The van der Waals surface area contributed by atoms with Crippen molar-refractivity contribution in [1.29, 1.82) is 0 Å². The van der Waals surface area contributed by atoms with E-state index in [0.29, 0.717) is 5.02 Å². The summed E-state index contributed by atoms with van der Waals surface area (Å²) in [5.74, 6) is -1.01. The highest BCUT2D eigenvalue weighted by Crippen LogP contribution is 2.46. The first-order chi connectivity index (χ1) is 12.6. The number of aryl methyl sites for hydroxylation is 1. The van der Waals surface area contributed by atoms with E-state index in [2.05, 4.69) is 29.0 Å². The minimum atomic E-state index is -0.985. The van der Waals surface area contributed by atoms with Crippen molar-refractivity contribution in [1.82, 2.24) is 4.57 Å². The van der Waals surface area contributed by atoms with Gasteiger partial charge in [0.05, 0.1) is 0 Å². The highest BCUT2D eigenvalue weighted by atomic mass is 35.5. The second kappa shape index (κ2) is 7.01. The number of rotatable bonds is 4. The fourth-order valence-electron chi connectivity index (χ4n) is 4.17. The van der Waals surface area contributed by atoms with E-state index < -0.39 is 5.97 Å². The molecule has 0 radical (unpaired) electrons. The van der Waals surface area contributed by atoms with Crippen LogP contribution in [0, 0.1) is 0 Å². The monoisotopic (exact) mass is 384 g/mol. The van der Waals surface area contributed by atoms with Gasteiger partial charge in [0.2, 0.25) is 0 Å². The summed E-state index contributed by atoms with van der Waals surface area (Å²) in [5, 5.41) is 13.3.